The van der Waals surface area contributed by atoms with Crippen molar-refractivity contribution in [3.05, 3.63) is 89.9 Å². The van der Waals surface area contributed by atoms with Crippen molar-refractivity contribution in [2.24, 2.45) is 5.10 Å². The van der Waals surface area contributed by atoms with Crippen molar-refractivity contribution in [1.29, 1.82) is 0 Å². The maximum absolute atomic E-state index is 4.81. The van der Waals surface area contributed by atoms with E-state index in [4.69, 9.17) is 5.10 Å². The van der Waals surface area contributed by atoms with Gasteiger partial charge in [-0.2, -0.15) is 5.10 Å². The molecule has 1 fully saturated rings. The quantitative estimate of drug-likeness (QED) is 0.753. The number of amidine groups is 1. The average molecular weight is 384 g/mol. The largest absolute Gasteiger partial charge is 0.353 e. The van der Waals surface area contributed by atoms with E-state index in [-0.39, 0.29) is 6.04 Å². The molecule has 1 atom stereocenters. The topological polar surface area (TPSA) is 56.6 Å². The van der Waals surface area contributed by atoms with Gasteiger partial charge in [-0.1, -0.05) is 30.3 Å². The summed E-state index contributed by atoms with van der Waals surface area (Å²) in [6.45, 7) is 3.75. The molecule has 29 heavy (non-hydrogen) atoms. The molecule has 6 nitrogen and oxygen atoms in total. The van der Waals surface area contributed by atoms with Crippen molar-refractivity contribution >= 4 is 11.7 Å². The number of nitrogens with one attached hydrogen (secondary N) is 1. The van der Waals surface area contributed by atoms with E-state index in [0.717, 1.165) is 44.3 Å². The molecular formula is C23H24N6. The van der Waals surface area contributed by atoms with Crippen molar-refractivity contribution in [2.45, 2.75) is 12.5 Å². The summed E-state index contributed by atoms with van der Waals surface area (Å²) in [5.41, 5.74) is 7.21. The number of hydrogen-bond donors (Lipinski definition) is 1. The minimum absolute atomic E-state index is 0.173. The van der Waals surface area contributed by atoms with Crippen LogP contribution in [0.15, 0.2) is 78.3 Å². The SMILES string of the molecule is c1ccc(N2CCN(C3=NNC(Cc4ccncc4)c4ccccc43)CC2)nc1. The van der Waals surface area contributed by atoms with Crippen LogP contribution in [0.3, 0.4) is 0 Å². The van der Waals surface area contributed by atoms with Crippen molar-refractivity contribution in [3.63, 3.8) is 0 Å². The molecule has 1 aromatic carbocycles. The number of anilines is 1. The lowest BCUT2D eigenvalue weighted by Crippen LogP contribution is -2.50. The van der Waals surface area contributed by atoms with E-state index in [1.807, 2.05) is 30.7 Å². The summed E-state index contributed by atoms with van der Waals surface area (Å²) in [7, 11) is 0. The zero-order chi connectivity index (χ0) is 19.5. The Morgan fingerprint density at radius 2 is 1.59 bits per heavy atom. The third kappa shape index (κ3) is 3.66. The molecule has 5 rings (SSSR count). The second-order valence-corrected chi connectivity index (χ2v) is 7.43. The molecule has 1 unspecified atom stereocenters. The van der Waals surface area contributed by atoms with E-state index in [1.54, 1.807) is 0 Å². The highest BCUT2D eigenvalue weighted by atomic mass is 15.4. The molecule has 0 spiro atoms. The number of aromatic nitrogens is 2. The summed E-state index contributed by atoms with van der Waals surface area (Å²) in [5.74, 6) is 2.10. The van der Waals surface area contributed by atoms with Crippen LogP contribution in [0.4, 0.5) is 5.82 Å². The van der Waals surface area contributed by atoms with Crippen LogP contribution in [0.1, 0.15) is 22.7 Å². The first kappa shape index (κ1) is 17.7. The number of rotatable bonds is 3. The highest BCUT2D eigenvalue weighted by Crippen LogP contribution is 2.27. The van der Waals surface area contributed by atoms with Gasteiger partial charge in [-0.3, -0.25) is 4.98 Å². The molecule has 0 amide bonds. The van der Waals surface area contributed by atoms with Crippen molar-refractivity contribution in [2.75, 3.05) is 31.1 Å². The van der Waals surface area contributed by atoms with E-state index in [1.165, 1.54) is 16.7 Å². The Kier molecular flexibility index (Phi) is 4.82. The van der Waals surface area contributed by atoms with Gasteiger partial charge in [0.05, 0.1) is 6.04 Å². The fraction of sp³-hybridized carbons (Fsp3) is 0.261. The first-order chi connectivity index (χ1) is 14.4. The van der Waals surface area contributed by atoms with Crippen molar-refractivity contribution < 1.29 is 0 Å². The molecule has 146 valence electrons. The minimum Gasteiger partial charge on any atom is -0.353 e. The molecule has 0 saturated carbocycles. The van der Waals surface area contributed by atoms with Gasteiger partial charge in [0.25, 0.3) is 0 Å². The number of benzene rings is 1. The number of fused-ring (bicyclic) bond motifs is 1. The minimum atomic E-state index is 0.173. The fourth-order valence-corrected chi connectivity index (χ4v) is 4.11. The van der Waals surface area contributed by atoms with E-state index in [2.05, 4.69) is 67.7 Å². The van der Waals surface area contributed by atoms with Crippen LogP contribution in [-0.2, 0) is 6.42 Å². The van der Waals surface area contributed by atoms with Gasteiger partial charge in [-0.25, -0.2) is 4.98 Å². The van der Waals surface area contributed by atoms with Crippen LogP contribution in [0, 0.1) is 0 Å². The Balaban J connectivity index is 1.33. The molecular weight excluding hydrogens is 360 g/mol. The number of hydrogen-bond acceptors (Lipinski definition) is 6. The summed E-state index contributed by atoms with van der Waals surface area (Å²) in [6, 6.07) is 19.0. The first-order valence-corrected chi connectivity index (χ1v) is 10.1. The molecule has 3 aromatic rings. The Hall–Kier alpha value is -3.41. The predicted octanol–water partition coefficient (Wildman–Crippen LogP) is 2.85. The first-order valence-electron chi connectivity index (χ1n) is 10.1. The molecule has 0 bridgehead atoms. The zero-order valence-electron chi connectivity index (χ0n) is 16.3. The Morgan fingerprint density at radius 1 is 0.828 bits per heavy atom. The van der Waals surface area contributed by atoms with Gasteiger partial charge in [0.2, 0.25) is 0 Å². The molecule has 1 N–H and O–H groups in total. The molecule has 2 aliphatic rings. The second kappa shape index (κ2) is 7.91. The molecule has 0 aliphatic carbocycles. The second-order valence-electron chi connectivity index (χ2n) is 7.43. The highest BCUT2D eigenvalue weighted by molar-refractivity contribution is 6.01. The van der Waals surface area contributed by atoms with Crippen LogP contribution in [0.2, 0.25) is 0 Å². The lowest BCUT2D eigenvalue weighted by Gasteiger charge is -2.39. The summed E-state index contributed by atoms with van der Waals surface area (Å²) in [4.78, 5) is 13.3. The normalized spacial score (nSPS) is 18.6. The molecule has 0 radical (unpaired) electrons. The molecule has 1 saturated heterocycles. The van der Waals surface area contributed by atoms with Crippen molar-refractivity contribution in [3.8, 4) is 0 Å². The van der Waals surface area contributed by atoms with Crippen LogP contribution in [-0.4, -0.2) is 46.9 Å². The van der Waals surface area contributed by atoms with Gasteiger partial charge in [0.1, 0.15) is 5.82 Å². The zero-order valence-corrected chi connectivity index (χ0v) is 16.3. The van der Waals surface area contributed by atoms with Gasteiger partial charge in [-0.15, -0.1) is 0 Å². The Labute approximate surface area is 170 Å². The third-order valence-electron chi connectivity index (χ3n) is 5.65. The Bertz CT molecular complexity index is 981. The summed E-state index contributed by atoms with van der Waals surface area (Å²) < 4.78 is 0. The summed E-state index contributed by atoms with van der Waals surface area (Å²) in [6.07, 6.45) is 6.44. The molecule has 2 aliphatic heterocycles. The van der Waals surface area contributed by atoms with Gasteiger partial charge in [0.15, 0.2) is 5.84 Å². The van der Waals surface area contributed by atoms with Crippen LogP contribution >= 0.6 is 0 Å². The molecule has 6 heteroatoms. The maximum atomic E-state index is 4.81. The maximum Gasteiger partial charge on any atom is 0.156 e. The lowest BCUT2D eigenvalue weighted by molar-refractivity contribution is 0.376. The summed E-state index contributed by atoms with van der Waals surface area (Å²) >= 11 is 0. The Morgan fingerprint density at radius 3 is 2.38 bits per heavy atom. The van der Waals surface area contributed by atoms with Crippen LogP contribution < -0.4 is 10.3 Å². The van der Waals surface area contributed by atoms with Crippen LogP contribution in [0.5, 0.6) is 0 Å². The smallest absolute Gasteiger partial charge is 0.156 e. The number of piperazine rings is 1. The number of hydrazone groups is 1. The monoisotopic (exact) mass is 384 g/mol. The highest BCUT2D eigenvalue weighted by Gasteiger charge is 2.28. The van der Waals surface area contributed by atoms with E-state index < -0.39 is 0 Å². The van der Waals surface area contributed by atoms with Crippen molar-refractivity contribution in [1.82, 2.24) is 20.3 Å². The fourth-order valence-electron chi connectivity index (χ4n) is 4.11. The van der Waals surface area contributed by atoms with E-state index >= 15 is 0 Å². The van der Waals surface area contributed by atoms with Gasteiger partial charge in [0, 0.05) is 50.3 Å². The van der Waals surface area contributed by atoms with Gasteiger partial charge >= 0.3 is 0 Å². The van der Waals surface area contributed by atoms with E-state index in [0.29, 0.717) is 0 Å². The van der Waals surface area contributed by atoms with Gasteiger partial charge < -0.3 is 15.2 Å². The molecule has 4 heterocycles. The standard InChI is InChI=1S/C23H24N6/c1-2-6-20-19(5-1)21(17-18-8-11-24-12-9-18)26-27-23(20)29-15-13-28(14-16-29)22-7-3-4-10-25-22/h1-12,21,26H,13-17H2. The third-order valence-corrected chi connectivity index (χ3v) is 5.65. The number of nitrogens with zero attached hydrogens (tertiary/aromatic N) is 5. The average Bonchev–Trinajstić information content (AvgIpc) is 2.81. The molecule has 2 aromatic heterocycles. The summed E-state index contributed by atoms with van der Waals surface area (Å²) in [5, 5.41) is 4.81. The van der Waals surface area contributed by atoms with Gasteiger partial charge in [-0.05, 0) is 41.8 Å². The predicted molar refractivity (Wildman–Crippen MR) is 115 cm³/mol. The van der Waals surface area contributed by atoms with E-state index in [9.17, 15) is 0 Å². The van der Waals surface area contributed by atoms with Crippen LogP contribution in [0.25, 0.3) is 0 Å². The number of pyridine rings is 2. The lowest BCUT2D eigenvalue weighted by atomic mass is 9.93.